The van der Waals surface area contributed by atoms with Gasteiger partial charge in [-0.25, -0.2) is 4.98 Å². The fraction of sp³-hybridized carbons (Fsp3) is 0.429. The van der Waals surface area contributed by atoms with Crippen LogP contribution in [0.25, 0.3) is 0 Å². The minimum Gasteiger partial charge on any atom is -0.542 e. The van der Waals surface area contributed by atoms with Gasteiger partial charge in [0.1, 0.15) is 17.1 Å². The van der Waals surface area contributed by atoms with Gasteiger partial charge < -0.3 is 25.8 Å². The Labute approximate surface area is 83.6 Å². The van der Waals surface area contributed by atoms with Crippen LogP contribution in [0.4, 0.5) is 0 Å². The molecule has 4 N–H and O–H groups in total. The number of carboxylic acids is 1. The van der Waals surface area contributed by atoms with Gasteiger partial charge in [0.25, 0.3) is 0 Å². The van der Waals surface area contributed by atoms with Crippen molar-refractivity contribution in [2.24, 2.45) is 5.73 Å². The van der Waals surface area contributed by atoms with Crippen LogP contribution in [-0.2, 0) is 0 Å². The fourth-order valence-electron chi connectivity index (χ4n) is 0.842. The van der Waals surface area contributed by atoms with Crippen molar-refractivity contribution in [3.63, 3.8) is 0 Å². The zero-order valence-corrected chi connectivity index (χ0v) is 7.90. The van der Waals surface area contributed by atoms with Gasteiger partial charge in [0.05, 0.1) is 11.8 Å². The lowest BCUT2D eigenvalue weighted by Crippen LogP contribution is -2.27. The van der Waals surface area contributed by atoms with E-state index < -0.39 is 18.2 Å². The van der Waals surface area contributed by atoms with Gasteiger partial charge in [0.2, 0.25) is 0 Å². The highest BCUT2D eigenvalue weighted by atomic mass is 32.1. The van der Waals surface area contributed by atoms with E-state index in [1.807, 2.05) is 0 Å². The third-order valence-corrected chi connectivity index (χ3v) is 2.45. The zero-order valence-electron chi connectivity index (χ0n) is 7.08. The average Bonchev–Trinajstić information content (AvgIpc) is 2.64. The van der Waals surface area contributed by atoms with Crippen LogP contribution in [-0.4, -0.2) is 33.8 Å². The van der Waals surface area contributed by atoms with Crippen LogP contribution in [0.2, 0.25) is 0 Å². The zero-order chi connectivity index (χ0) is 10.7. The van der Waals surface area contributed by atoms with Gasteiger partial charge in [0, 0.05) is 11.9 Å². The second kappa shape index (κ2) is 4.47. The van der Waals surface area contributed by atoms with Crippen LogP contribution >= 0.6 is 11.3 Å². The van der Waals surface area contributed by atoms with E-state index in [1.54, 1.807) is 0 Å². The van der Waals surface area contributed by atoms with Crippen molar-refractivity contribution in [1.82, 2.24) is 4.98 Å². The molecule has 78 valence electrons. The van der Waals surface area contributed by atoms with Gasteiger partial charge in [-0.05, 0) is 0 Å². The van der Waals surface area contributed by atoms with Crippen molar-refractivity contribution < 1.29 is 20.1 Å². The lowest BCUT2D eigenvalue weighted by Gasteiger charge is -2.13. The van der Waals surface area contributed by atoms with Gasteiger partial charge in [0.15, 0.2) is 0 Å². The van der Waals surface area contributed by atoms with E-state index in [9.17, 15) is 15.0 Å². The van der Waals surface area contributed by atoms with Crippen molar-refractivity contribution in [2.45, 2.75) is 12.2 Å². The molecular weight excluding hydrogens is 208 g/mol. The number of nitrogens with zero attached hydrogens (tertiary/aromatic N) is 1. The first-order chi connectivity index (χ1) is 6.56. The minimum absolute atomic E-state index is 0.0900. The van der Waals surface area contributed by atoms with Gasteiger partial charge in [-0.1, -0.05) is 0 Å². The number of aromatic carboxylic acids is 1. The molecule has 0 spiro atoms. The van der Waals surface area contributed by atoms with E-state index >= 15 is 0 Å². The number of rotatable bonds is 4. The maximum absolute atomic E-state index is 10.3. The lowest BCUT2D eigenvalue weighted by atomic mass is 10.1. The van der Waals surface area contributed by atoms with Crippen molar-refractivity contribution in [3.8, 4) is 0 Å². The van der Waals surface area contributed by atoms with E-state index in [-0.39, 0.29) is 17.2 Å². The first-order valence-corrected chi connectivity index (χ1v) is 4.67. The van der Waals surface area contributed by atoms with Crippen LogP contribution < -0.4 is 10.8 Å². The predicted octanol–water partition coefficient (Wildman–Crippen LogP) is -2.14. The summed E-state index contributed by atoms with van der Waals surface area (Å²) < 4.78 is 0. The van der Waals surface area contributed by atoms with E-state index in [1.165, 1.54) is 5.38 Å². The minimum atomic E-state index is -1.41. The number of hydrogen-bond donors (Lipinski definition) is 3. The molecule has 1 rings (SSSR count). The molecule has 14 heavy (non-hydrogen) atoms. The molecule has 6 nitrogen and oxygen atoms in total. The fourth-order valence-corrected chi connectivity index (χ4v) is 1.52. The maximum atomic E-state index is 10.3. The molecule has 0 amide bonds. The van der Waals surface area contributed by atoms with Crippen molar-refractivity contribution in [2.75, 3.05) is 6.54 Å². The molecule has 0 radical (unpaired) electrons. The predicted molar refractivity (Wildman–Crippen MR) is 46.5 cm³/mol. The summed E-state index contributed by atoms with van der Waals surface area (Å²) in [4.78, 5) is 13.9. The Balaban J connectivity index is 2.81. The summed E-state index contributed by atoms with van der Waals surface area (Å²) in [6.45, 7) is -0.126. The van der Waals surface area contributed by atoms with Crippen LogP contribution in [0.15, 0.2) is 5.38 Å². The maximum Gasteiger partial charge on any atom is 0.139 e. The summed E-state index contributed by atoms with van der Waals surface area (Å²) in [5.41, 5.74) is 5.20. The molecule has 0 saturated heterocycles. The monoisotopic (exact) mass is 217 g/mol. The number of carboxylic acid groups (broad SMARTS) is 1. The molecule has 0 aliphatic carbocycles. The first kappa shape index (κ1) is 11.1. The van der Waals surface area contributed by atoms with Crippen LogP contribution in [0, 0.1) is 0 Å². The largest absolute Gasteiger partial charge is 0.542 e. The van der Waals surface area contributed by atoms with Gasteiger partial charge >= 0.3 is 0 Å². The molecule has 0 fully saturated rings. The Morgan fingerprint density at radius 3 is 2.79 bits per heavy atom. The number of aliphatic hydroxyl groups excluding tert-OH is 2. The number of thiazole rings is 1. The number of nitrogens with two attached hydrogens (primary N) is 1. The summed E-state index contributed by atoms with van der Waals surface area (Å²) in [6.07, 6.45) is -2.41. The Morgan fingerprint density at radius 1 is 1.71 bits per heavy atom. The Kier molecular flexibility index (Phi) is 3.53. The summed E-state index contributed by atoms with van der Waals surface area (Å²) >= 11 is 0.829. The van der Waals surface area contributed by atoms with Crippen LogP contribution in [0.1, 0.15) is 21.6 Å². The van der Waals surface area contributed by atoms with E-state index in [0.29, 0.717) is 0 Å². The number of aliphatic hydroxyl groups is 2. The number of hydrogen-bond acceptors (Lipinski definition) is 7. The highest BCUT2D eigenvalue weighted by molar-refractivity contribution is 7.11. The second-order valence-electron chi connectivity index (χ2n) is 2.61. The molecule has 2 unspecified atom stereocenters. The number of aromatic nitrogens is 1. The highest BCUT2D eigenvalue weighted by Gasteiger charge is 2.19. The van der Waals surface area contributed by atoms with Crippen molar-refractivity contribution >= 4 is 17.3 Å². The van der Waals surface area contributed by atoms with Crippen molar-refractivity contribution in [1.29, 1.82) is 0 Å². The summed E-state index contributed by atoms with van der Waals surface area (Å²) in [5, 5.41) is 30.0. The van der Waals surface area contributed by atoms with Crippen molar-refractivity contribution in [3.05, 3.63) is 16.1 Å². The summed E-state index contributed by atoms with van der Waals surface area (Å²) in [5.74, 6) is -1.41. The molecule has 0 saturated carbocycles. The topological polar surface area (TPSA) is 120 Å². The highest BCUT2D eigenvalue weighted by Crippen LogP contribution is 2.18. The standard InChI is InChI=1S/C7H10N2O4S/c8-1-4(10)5(11)3-2-14-6(9-3)7(12)13/h2,4-5,10-11H,1,8H2,(H,12,13)/p-1. The third kappa shape index (κ3) is 2.26. The normalized spacial score (nSPS) is 15.1. The summed E-state index contributed by atoms with van der Waals surface area (Å²) in [6, 6.07) is 0. The van der Waals surface area contributed by atoms with Crippen LogP contribution in [0.5, 0.6) is 0 Å². The van der Waals surface area contributed by atoms with Crippen LogP contribution in [0.3, 0.4) is 0 Å². The third-order valence-electron chi connectivity index (χ3n) is 1.61. The molecule has 7 heteroatoms. The Hall–Kier alpha value is -1.02. The van der Waals surface area contributed by atoms with E-state index in [0.717, 1.165) is 11.3 Å². The molecule has 1 aromatic rings. The molecule has 1 aromatic heterocycles. The van der Waals surface area contributed by atoms with Gasteiger partial charge in [-0.3, -0.25) is 0 Å². The lowest BCUT2D eigenvalue weighted by molar-refractivity contribution is -0.255. The van der Waals surface area contributed by atoms with E-state index in [2.05, 4.69) is 4.98 Å². The molecular formula is C7H9N2O4S-. The molecule has 0 aliphatic rings. The second-order valence-corrected chi connectivity index (χ2v) is 3.47. The number of carbonyl (C=O) groups excluding carboxylic acids is 1. The molecule has 0 aromatic carbocycles. The first-order valence-electron chi connectivity index (χ1n) is 3.79. The Bertz CT molecular complexity index is 327. The summed E-state index contributed by atoms with van der Waals surface area (Å²) in [7, 11) is 0. The van der Waals surface area contributed by atoms with E-state index in [4.69, 9.17) is 10.8 Å². The molecule has 0 aliphatic heterocycles. The molecule has 1 heterocycles. The average molecular weight is 217 g/mol. The molecule has 2 atom stereocenters. The number of carbonyl (C=O) groups is 1. The smallest absolute Gasteiger partial charge is 0.139 e. The quantitative estimate of drug-likeness (QED) is 0.529. The van der Waals surface area contributed by atoms with Gasteiger partial charge in [-0.2, -0.15) is 0 Å². The molecule has 0 bridgehead atoms. The Morgan fingerprint density at radius 2 is 2.36 bits per heavy atom. The van der Waals surface area contributed by atoms with Gasteiger partial charge in [-0.15, -0.1) is 11.3 Å². The SMILES string of the molecule is NCC(O)C(O)c1csc(C(=O)[O-])n1.